The van der Waals surface area contributed by atoms with E-state index in [9.17, 15) is 14.7 Å². The van der Waals surface area contributed by atoms with Crippen molar-refractivity contribution in [2.24, 2.45) is 11.8 Å². The molecule has 0 heterocycles. The van der Waals surface area contributed by atoms with E-state index < -0.39 is 20.3 Å². The van der Waals surface area contributed by atoms with Crippen molar-refractivity contribution in [1.29, 1.82) is 0 Å². The van der Waals surface area contributed by atoms with Gasteiger partial charge in [0.15, 0.2) is 8.32 Å². The summed E-state index contributed by atoms with van der Waals surface area (Å²) in [6.45, 7) is 17.3. The van der Waals surface area contributed by atoms with Crippen molar-refractivity contribution in [3.63, 3.8) is 0 Å². The Bertz CT molecular complexity index is 667. The van der Waals surface area contributed by atoms with Gasteiger partial charge in [0.05, 0.1) is 6.42 Å². The average Bonchev–Trinajstić information content (AvgIpc) is 2.58. The van der Waals surface area contributed by atoms with E-state index in [1.54, 1.807) is 24.3 Å². The predicted octanol–water partition coefficient (Wildman–Crippen LogP) is 5.33. The molecule has 0 aromatic heterocycles. The third-order valence-corrected chi connectivity index (χ3v) is 10.4. The Balaban J connectivity index is 3.11. The van der Waals surface area contributed by atoms with E-state index in [1.165, 1.54) is 0 Å². The molecule has 0 fully saturated rings. The molecule has 3 atom stereocenters. The number of benzene rings is 1. The molecule has 0 aliphatic heterocycles. The van der Waals surface area contributed by atoms with Crippen molar-refractivity contribution in [3.05, 3.63) is 35.9 Å². The number of hydrogen-bond acceptors (Lipinski definition) is 3. The van der Waals surface area contributed by atoms with E-state index in [0.29, 0.717) is 11.5 Å². The van der Waals surface area contributed by atoms with Crippen LogP contribution in [0.5, 0.6) is 0 Å². The fraction of sp³-hybridized carbons (Fsp3) is 0.652. The lowest BCUT2D eigenvalue weighted by atomic mass is 9.88. The average molecular weight is 422 g/mol. The van der Waals surface area contributed by atoms with Crippen LogP contribution in [0, 0.1) is 11.8 Å². The van der Waals surface area contributed by atoms with Gasteiger partial charge in [0.2, 0.25) is 0 Å². The zero-order chi connectivity index (χ0) is 22.4. The number of carboxylic acids is 1. The number of hydrogen-bond donors (Lipinski definition) is 2. The fourth-order valence-electron chi connectivity index (χ4n) is 3.05. The molecule has 2 N–H and O–H groups in total. The van der Waals surface area contributed by atoms with E-state index in [4.69, 9.17) is 4.43 Å². The second-order valence-corrected chi connectivity index (χ2v) is 14.7. The van der Waals surface area contributed by atoms with Crippen LogP contribution in [0.1, 0.15) is 64.7 Å². The van der Waals surface area contributed by atoms with Gasteiger partial charge >= 0.3 is 5.97 Å². The Kier molecular flexibility index (Phi) is 9.09. The zero-order valence-electron chi connectivity index (χ0n) is 19.3. The normalized spacial score (nSPS) is 15.6. The summed E-state index contributed by atoms with van der Waals surface area (Å²) < 4.78 is 6.72. The number of carbonyl (C=O) groups excluding carboxylic acids is 1. The van der Waals surface area contributed by atoms with Crippen LogP contribution in [0.3, 0.4) is 0 Å². The highest BCUT2D eigenvalue weighted by atomic mass is 28.4. The molecule has 0 saturated heterocycles. The summed E-state index contributed by atoms with van der Waals surface area (Å²) in [5, 5.41) is 12.5. The molecule has 1 rings (SSSR count). The molecule has 1 aromatic rings. The van der Waals surface area contributed by atoms with Crippen molar-refractivity contribution in [3.8, 4) is 0 Å². The summed E-state index contributed by atoms with van der Waals surface area (Å²) in [6, 6.07) is 8.40. The summed E-state index contributed by atoms with van der Waals surface area (Å²) in [4.78, 5) is 24.2. The lowest BCUT2D eigenvalue weighted by Gasteiger charge is -2.43. The highest BCUT2D eigenvalue weighted by Gasteiger charge is 2.41. The van der Waals surface area contributed by atoms with Crippen LogP contribution in [0.4, 0.5) is 0 Å². The maximum atomic E-state index is 12.7. The van der Waals surface area contributed by atoms with E-state index >= 15 is 0 Å². The van der Waals surface area contributed by atoms with E-state index in [-0.39, 0.29) is 29.4 Å². The van der Waals surface area contributed by atoms with Crippen LogP contribution < -0.4 is 5.32 Å². The maximum Gasteiger partial charge on any atom is 0.305 e. The Hall–Kier alpha value is -1.66. The molecule has 5 nitrogen and oxygen atoms in total. The van der Waals surface area contributed by atoms with Crippen LogP contribution in [0.15, 0.2) is 30.3 Å². The Labute approximate surface area is 177 Å². The van der Waals surface area contributed by atoms with Crippen LogP contribution in [0.2, 0.25) is 18.1 Å². The summed E-state index contributed by atoms with van der Waals surface area (Å²) in [5.41, 5.74) is 0.529. The minimum atomic E-state index is -2.05. The van der Waals surface area contributed by atoms with E-state index in [2.05, 4.69) is 53.0 Å². The summed E-state index contributed by atoms with van der Waals surface area (Å²) in [6.07, 6.45) is 0.580. The topological polar surface area (TPSA) is 75.6 Å². The van der Waals surface area contributed by atoms with Crippen molar-refractivity contribution in [2.75, 3.05) is 0 Å². The first kappa shape index (κ1) is 25.4. The van der Waals surface area contributed by atoms with Crippen LogP contribution in [-0.4, -0.2) is 37.4 Å². The first-order valence-corrected chi connectivity index (χ1v) is 13.4. The third-order valence-electron chi connectivity index (χ3n) is 5.92. The fourth-order valence-corrected chi connectivity index (χ4v) is 4.47. The number of amides is 1. The van der Waals surface area contributed by atoms with Gasteiger partial charge in [-0.2, -0.15) is 0 Å². The second-order valence-electron chi connectivity index (χ2n) is 9.95. The molecule has 0 aliphatic rings. The van der Waals surface area contributed by atoms with Crippen molar-refractivity contribution >= 4 is 20.2 Å². The molecule has 6 heteroatoms. The summed E-state index contributed by atoms with van der Waals surface area (Å²) in [7, 11) is -2.05. The molecule has 0 radical (unpaired) electrons. The number of carboxylic acid groups (broad SMARTS) is 1. The molecule has 0 bridgehead atoms. The van der Waals surface area contributed by atoms with Gasteiger partial charge in [-0.25, -0.2) is 0 Å². The number of aliphatic carboxylic acids is 1. The lowest BCUT2D eigenvalue weighted by Crippen LogP contribution is -2.51. The van der Waals surface area contributed by atoms with Gasteiger partial charge in [-0.15, -0.1) is 0 Å². The molecule has 0 saturated carbocycles. The first-order chi connectivity index (χ1) is 13.2. The Morgan fingerprint density at radius 1 is 1.10 bits per heavy atom. The third kappa shape index (κ3) is 7.94. The molecule has 0 aliphatic carbocycles. The molecule has 0 spiro atoms. The van der Waals surface area contributed by atoms with Crippen LogP contribution >= 0.6 is 0 Å². The predicted molar refractivity (Wildman–Crippen MR) is 121 cm³/mol. The van der Waals surface area contributed by atoms with Crippen molar-refractivity contribution in [1.82, 2.24) is 5.32 Å². The maximum absolute atomic E-state index is 12.7. The highest BCUT2D eigenvalue weighted by Crippen LogP contribution is 2.39. The molecule has 29 heavy (non-hydrogen) atoms. The smallest absolute Gasteiger partial charge is 0.305 e. The first-order valence-electron chi connectivity index (χ1n) is 10.5. The molecule has 1 aromatic carbocycles. The minimum absolute atomic E-state index is 0.0531. The monoisotopic (exact) mass is 421 g/mol. The minimum Gasteiger partial charge on any atom is -0.481 e. The van der Waals surface area contributed by atoms with Gasteiger partial charge in [0.1, 0.15) is 0 Å². The number of nitrogens with one attached hydrogen (secondary N) is 1. The summed E-state index contributed by atoms with van der Waals surface area (Å²) >= 11 is 0. The number of carbonyl (C=O) groups is 2. The van der Waals surface area contributed by atoms with E-state index in [0.717, 1.165) is 6.42 Å². The molecule has 0 unspecified atom stereocenters. The van der Waals surface area contributed by atoms with Gasteiger partial charge in [0.25, 0.3) is 5.91 Å². The Morgan fingerprint density at radius 3 is 2.10 bits per heavy atom. The standard InChI is InChI=1S/C23H39NO4Si/c1-16(2)14-20(28-29(7,8)23(4,5)6)17(3)19(15-21(25)26)24-22(27)18-12-10-9-11-13-18/h9-13,16-17,19-20H,14-15H2,1-8H3,(H,24,27)(H,25,26)/t17-,19+,20+/m1/s1. The second kappa shape index (κ2) is 10.4. The van der Waals surface area contributed by atoms with Crippen molar-refractivity contribution < 1.29 is 19.1 Å². The summed E-state index contributed by atoms with van der Waals surface area (Å²) in [5.74, 6) is -0.900. The SMILES string of the molecule is CC(C)C[C@H](O[Si](C)(C)C(C)(C)C)[C@H](C)[C@H](CC(=O)O)NC(=O)c1ccccc1. The van der Waals surface area contributed by atoms with Gasteiger partial charge in [-0.05, 0) is 42.6 Å². The Morgan fingerprint density at radius 2 is 1.66 bits per heavy atom. The largest absolute Gasteiger partial charge is 0.481 e. The molecule has 1 amide bonds. The van der Waals surface area contributed by atoms with Gasteiger partial charge in [-0.3, -0.25) is 9.59 Å². The van der Waals surface area contributed by atoms with Gasteiger partial charge in [0, 0.05) is 23.6 Å². The van der Waals surface area contributed by atoms with Crippen LogP contribution in [-0.2, 0) is 9.22 Å². The lowest BCUT2D eigenvalue weighted by molar-refractivity contribution is -0.138. The molecule has 164 valence electrons. The van der Waals surface area contributed by atoms with Crippen molar-refractivity contribution in [2.45, 2.75) is 84.7 Å². The quantitative estimate of drug-likeness (QED) is 0.501. The molecular formula is C23H39NO4Si. The van der Waals surface area contributed by atoms with E-state index in [1.807, 2.05) is 13.0 Å². The van der Waals surface area contributed by atoms with Gasteiger partial charge < -0.3 is 14.8 Å². The van der Waals surface area contributed by atoms with Crippen LogP contribution in [0.25, 0.3) is 0 Å². The number of rotatable bonds is 10. The van der Waals surface area contributed by atoms with Gasteiger partial charge in [-0.1, -0.05) is 59.7 Å². The molecular weight excluding hydrogens is 382 g/mol. The highest BCUT2D eigenvalue weighted by molar-refractivity contribution is 6.74. The zero-order valence-corrected chi connectivity index (χ0v) is 20.3.